The number of ether oxygens (including phenoxy) is 2. The molecule has 1 N–H and O–H groups in total. The number of amides is 1. The first-order chi connectivity index (χ1) is 13.3. The van der Waals surface area contributed by atoms with Gasteiger partial charge >= 0.3 is 13.2 Å². The van der Waals surface area contributed by atoms with Crippen LogP contribution in [0.1, 0.15) is 5.56 Å². The Labute approximate surface area is 161 Å². The zero-order valence-corrected chi connectivity index (χ0v) is 14.6. The maximum Gasteiger partial charge on any atom is 0.387 e. The number of hydrogen-bond donors (Lipinski definition) is 1. The Morgan fingerprint density at radius 3 is 2.39 bits per heavy atom. The Balaban J connectivity index is 2.35. The Morgan fingerprint density at radius 2 is 1.79 bits per heavy atom. The lowest BCUT2D eigenvalue weighted by molar-refractivity contribution is -0.112. The van der Waals surface area contributed by atoms with E-state index in [0.717, 1.165) is 24.3 Å². The van der Waals surface area contributed by atoms with Crippen molar-refractivity contribution in [1.29, 1.82) is 5.26 Å². The lowest BCUT2D eigenvalue weighted by Crippen LogP contribution is -2.14. The van der Waals surface area contributed by atoms with Gasteiger partial charge < -0.3 is 14.8 Å². The maximum absolute atomic E-state index is 12.6. The zero-order valence-electron chi connectivity index (χ0n) is 13.8. The fourth-order valence-electron chi connectivity index (χ4n) is 2.06. The van der Waals surface area contributed by atoms with Crippen LogP contribution in [-0.2, 0) is 4.79 Å². The number of alkyl halides is 4. The van der Waals surface area contributed by atoms with Gasteiger partial charge in [0.2, 0.25) is 0 Å². The lowest BCUT2D eigenvalue weighted by atomic mass is 10.1. The molecule has 0 saturated heterocycles. The molecular weight excluding hydrogens is 404 g/mol. The normalized spacial score (nSPS) is 11.3. The van der Waals surface area contributed by atoms with Crippen molar-refractivity contribution < 1.29 is 31.8 Å². The lowest BCUT2D eigenvalue weighted by Gasteiger charge is -2.12. The third kappa shape index (κ3) is 5.89. The molecule has 2 rings (SSSR count). The molecule has 2 aromatic carbocycles. The van der Waals surface area contributed by atoms with Crippen LogP contribution in [0.4, 0.5) is 23.2 Å². The van der Waals surface area contributed by atoms with Crippen LogP contribution in [0.25, 0.3) is 6.08 Å². The first-order valence-corrected chi connectivity index (χ1v) is 7.89. The summed E-state index contributed by atoms with van der Waals surface area (Å²) in [7, 11) is 0. The van der Waals surface area contributed by atoms with Crippen molar-refractivity contribution in [3.63, 3.8) is 0 Å². The van der Waals surface area contributed by atoms with Crippen molar-refractivity contribution in [3.8, 4) is 17.6 Å². The van der Waals surface area contributed by atoms with Crippen molar-refractivity contribution in [3.05, 3.63) is 58.6 Å². The molecule has 0 fully saturated rings. The summed E-state index contributed by atoms with van der Waals surface area (Å²) in [5.41, 5.74) is -0.339. The highest BCUT2D eigenvalue weighted by Crippen LogP contribution is 2.29. The average molecular weight is 415 g/mol. The van der Waals surface area contributed by atoms with Crippen molar-refractivity contribution in [2.45, 2.75) is 13.2 Å². The van der Waals surface area contributed by atoms with Crippen molar-refractivity contribution in [1.82, 2.24) is 0 Å². The second kappa shape index (κ2) is 9.62. The average Bonchev–Trinajstić information content (AvgIpc) is 2.62. The van der Waals surface area contributed by atoms with E-state index in [9.17, 15) is 27.6 Å². The quantitative estimate of drug-likeness (QED) is 0.389. The highest BCUT2D eigenvalue weighted by atomic mass is 35.5. The van der Waals surface area contributed by atoms with E-state index >= 15 is 0 Å². The summed E-state index contributed by atoms with van der Waals surface area (Å²) in [6, 6.07) is 10.8. The second-order valence-electron chi connectivity index (χ2n) is 5.06. The van der Waals surface area contributed by atoms with Crippen LogP contribution in [0.5, 0.6) is 11.5 Å². The highest BCUT2D eigenvalue weighted by Gasteiger charge is 2.16. The van der Waals surface area contributed by atoms with Crippen molar-refractivity contribution in [2.24, 2.45) is 0 Å². The van der Waals surface area contributed by atoms with Gasteiger partial charge in [-0.3, -0.25) is 4.79 Å². The van der Waals surface area contributed by atoms with Crippen LogP contribution in [0.3, 0.4) is 0 Å². The number of nitrogens with zero attached hydrogens (tertiary/aromatic N) is 1. The number of rotatable bonds is 7. The molecule has 0 aromatic heterocycles. The van der Waals surface area contributed by atoms with Gasteiger partial charge in [0, 0.05) is 11.6 Å². The van der Waals surface area contributed by atoms with E-state index < -0.39 is 36.2 Å². The van der Waals surface area contributed by atoms with Gasteiger partial charge in [0.05, 0.1) is 10.7 Å². The molecule has 0 atom stereocenters. The first-order valence-electron chi connectivity index (χ1n) is 7.51. The molecule has 2 aromatic rings. The smallest absolute Gasteiger partial charge is 0.387 e. The Morgan fingerprint density at radius 1 is 1.11 bits per heavy atom. The first kappa shape index (κ1) is 21.1. The molecular formula is C18H11ClF4N2O3. The van der Waals surface area contributed by atoms with Gasteiger partial charge in [-0.2, -0.15) is 22.8 Å². The maximum atomic E-state index is 12.6. The van der Waals surface area contributed by atoms with Gasteiger partial charge in [0.1, 0.15) is 23.1 Å². The van der Waals surface area contributed by atoms with Crippen LogP contribution in [-0.4, -0.2) is 19.1 Å². The number of halogens is 5. The number of hydrogen-bond acceptors (Lipinski definition) is 4. The molecule has 28 heavy (non-hydrogen) atoms. The van der Waals surface area contributed by atoms with E-state index in [2.05, 4.69) is 14.8 Å². The van der Waals surface area contributed by atoms with Gasteiger partial charge in [-0.15, -0.1) is 0 Å². The summed E-state index contributed by atoms with van der Waals surface area (Å²) in [5.74, 6) is -1.83. The predicted molar refractivity (Wildman–Crippen MR) is 93.4 cm³/mol. The number of carbonyl (C=O) groups excluding carboxylic acids is 1. The van der Waals surface area contributed by atoms with Gasteiger partial charge in [-0.1, -0.05) is 23.7 Å². The van der Waals surface area contributed by atoms with Gasteiger partial charge in [-0.05, 0) is 30.3 Å². The monoisotopic (exact) mass is 414 g/mol. The summed E-state index contributed by atoms with van der Waals surface area (Å²) in [6.45, 7) is -6.44. The number of nitrogens with one attached hydrogen (secondary N) is 1. The van der Waals surface area contributed by atoms with E-state index in [0.29, 0.717) is 0 Å². The Kier molecular flexibility index (Phi) is 7.23. The van der Waals surface area contributed by atoms with Crippen LogP contribution in [0.15, 0.2) is 48.0 Å². The number of carbonyl (C=O) groups is 1. The number of nitriles is 1. The minimum atomic E-state index is -3.27. The van der Waals surface area contributed by atoms with E-state index in [1.165, 1.54) is 12.1 Å². The molecule has 0 aliphatic heterocycles. The fraction of sp³-hybridized carbons (Fsp3) is 0.111. The summed E-state index contributed by atoms with van der Waals surface area (Å²) < 4.78 is 58.2. The largest absolute Gasteiger partial charge is 0.435 e. The van der Waals surface area contributed by atoms with Gasteiger partial charge in [-0.25, -0.2) is 0 Å². The standard InChI is InChI=1S/C18H11ClF4N2O3/c19-13-3-1-2-4-14(13)25-16(26)11(9-24)7-10-5-6-12(27-17(20)21)8-15(10)28-18(22)23/h1-8,17-18H,(H,25,26)/b11-7+. The molecule has 0 saturated carbocycles. The summed E-state index contributed by atoms with van der Waals surface area (Å²) >= 11 is 5.92. The second-order valence-corrected chi connectivity index (χ2v) is 5.47. The molecule has 146 valence electrons. The van der Waals surface area contributed by atoms with Gasteiger partial charge in [0.25, 0.3) is 5.91 Å². The molecule has 1 amide bonds. The molecule has 0 radical (unpaired) electrons. The third-order valence-electron chi connectivity index (χ3n) is 3.21. The van der Waals surface area contributed by atoms with Crippen LogP contribution < -0.4 is 14.8 Å². The summed E-state index contributed by atoms with van der Waals surface area (Å²) in [6.07, 6.45) is 0.968. The molecule has 0 spiro atoms. The molecule has 0 unspecified atom stereocenters. The minimum absolute atomic E-state index is 0.118. The Hall–Kier alpha value is -3.25. The third-order valence-corrected chi connectivity index (χ3v) is 3.54. The predicted octanol–water partition coefficient (Wildman–Crippen LogP) is 5.09. The molecule has 10 heteroatoms. The molecule has 0 aliphatic rings. The molecule has 0 heterocycles. The molecule has 0 bridgehead atoms. The molecule has 5 nitrogen and oxygen atoms in total. The van der Waals surface area contributed by atoms with Crippen molar-refractivity contribution >= 4 is 29.3 Å². The SMILES string of the molecule is N#C/C(=C\c1ccc(OC(F)F)cc1OC(F)F)C(=O)Nc1ccccc1Cl. The number of anilines is 1. The molecule has 0 aliphatic carbocycles. The minimum Gasteiger partial charge on any atom is -0.435 e. The Bertz CT molecular complexity index is 929. The van der Waals surface area contributed by atoms with Gasteiger partial charge in [0.15, 0.2) is 0 Å². The topological polar surface area (TPSA) is 71.3 Å². The number of para-hydroxylation sites is 1. The van der Waals surface area contributed by atoms with Crippen LogP contribution in [0, 0.1) is 11.3 Å². The fourth-order valence-corrected chi connectivity index (χ4v) is 2.25. The summed E-state index contributed by atoms with van der Waals surface area (Å²) in [5, 5.41) is 11.9. The van der Waals surface area contributed by atoms with E-state index in [-0.39, 0.29) is 16.3 Å². The van der Waals surface area contributed by atoms with E-state index in [4.69, 9.17) is 11.6 Å². The van der Waals surface area contributed by atoms with E-state index in [1.807, 2.05) is 0 Å². The zero-order chi connectivity index (χ0) is 20.7. The van der Waals surface area contributed by atoms with Crippen LogP contribution >= 0.6 is 11.6 Å². The van der Waals surface area contributed by atoms with E-state index in [1.54, 1.807) is 18.2 Å². The number of benzene rings is 2. The summed E-state index contributed by atoms with van der Waals surface area (Å²) in [4.78, 5) is 12.3. The van der Waals surface area contributed by atoms with Crippen molar-refractivity contribution in [2.75, 3.05) is 5.32 Å². The highest BCUT2D eigenvalue weighted by molar-refractivity contribution is 6.34. The van der Waals surface area contributed by atoms with Crippen LogP contribution in [0.2, 0.25) is 5.02 Å².